The van der Waals surface area contributed by atoms with E-state index in [1.807, 2.05) is 84.9 Å². The Kier molecular flexibility index (Phi) is 7.29. The summed E-state index contributed by atoms with van der Waals surface area (Å²) < 4.78 is 6.52. The first-order chi connectivity index (χ1) is 13.7. The van der Waals surface area contributed by atoms with Crippen LogP contribution in [-0.2, 0) is 4.79 Å². The number of rotatable bonds is 6. The minimum absolute atomic E-state index is 0.0698. The number of carbonyl (C=O) groups excluding carboxylic acids is 1. The van der Waals surface area contributed by atoms with Gasteiger partial charge in [0.25, 0.3) is 0 Å². The van der Waals surface area contributed by atoms with Gasteiger partial charge in [-0.15, -0.1) is 0 Å². The molecule has 0 aliphatic carbocycles. The Morgan fingerprint density at radius 3 is 2.14 bits per heavy atom. The highest BCUT2D eigenvalue weighted by Crippen LogP contribution is 2.24. The molecule has 3 aromatic rings. The van der Waals surface area contributed by atoms with Gasteiger partial charge in [0.15, 0.2) is 0 Å². The van der Waals surface area contributed by atoms with E-state index < -0.39 is 0 Å². The van der Waals surface area contributed by atoms with Gasteiger partial charge in [-0.3, -0.25) is 4.79 Å². The maximum atomic E-state index is 12.8. The van der Waals surface area contributed by atoms with Crippen molar-refractivity contribution < 1.29 is 9.53 Å². The molecule has 28 heavy (non-hydrogen) atoms. The van der Waals surface area contributed by atoms with E-state index >= 15 is 0 Å². The summed E-state index contributed by atoms with van der Waals surface area (Å²) in [5.74, 6) is 6.19. The highest BCUT2D eigenvalue weighted by Gasteiger charge is 2.21. The first-order valence-electron chi connectivity index (χ1n) is 8.96. The number of halogens is 1. The Morgan fingerprint density at radius 2 is 1.54 bits per heavy atom. The standard InChI is InChI=1S/C24H20BrNO2/c25-21-14-9-15-22(18-21)28-17-8-7-16-26-24(27)23(19-10-3-1-4-11-19)20-12-5-2-6-13-20/h1-6,9-15,18,23H,16-17H2,(H,26,27). The molecule has 3 rings (SSSR count). The number of hydrogen-bond donors (Lipinski definition) is 1. The summed E-state index contributed by atoms with van der Waals surface area (Å²) in [6, 6.07) is 27.1. The second kappa shape index (κ2) is 10.3. The average Bonchev–Trinajstić information content (AvgIpc) is 2.72. The van der Waals surface area contributed by atoms with E-state index in [9.17, 15) is 4.79 Å². The van der Waals surface area contributed by atoms with Gasteiger partial charge < -0.3 is 10.1 Å². The average molecular weight is 434 g/mol. The van der Waals surface area contributed by atoms with Crippen molar-refractivity contribution in [3.05, 3.63) is 101 Å². The van der Waals surface area contributed by atoms with Crippen molar-refractivity contribution >= 4 is 21.8 Å². The van der Waals surface area contributed by atoms with Crippen LogP contribution >= 0.6 is 15.9 Å². The fourth-order valence-electron chi connectivity index (χ4n) is 2.81. The molecule has 3 nitrogen and oxygen atoms in total. The minimum Gasteiger partial charge on any atom is -0.481 e. The van der Waals surface area contributed by atoms with E-state index in [1.54, 1.807) is 0 Å². The van der Waals surface area contributed by atoms with Crippen LogP contribution in [0.4, 0.5) is 0 Å². The Labute approximate surface area is 173 Å². The highest BCUT2D eigenvalue weighted by molar-refractivity contribution is 9.10. The Bertz CT molecular complexity index is 922. The fraction of sp³-hybridized carbons (Fsp3) is 0.125. The first kappa shape index (κ1) is 19.7. The van der Waals surface area contributed by atoms with Crippen molar-refractivity contribution in [2.24, 2.45) is 0 Å². The zero-order valence-electron chi connectivity index (χ0n) is 15.3. The number of carbonyl (C=O) groups is 1. The highest BCUT2D eigenvalue weighted by atomic mass is 79.9. The first-order valence-corrected chi connectivity index (χ1v) is 9.75. The molecule has 0 radical (unpaired) electrons. The van der Waals surface area contributed by atoms with Crippen molar-refractivity contribution in [2.45, 2.75) is 5.92 Å². The molecule has 0 aromatic heterocycles. The van der Waals surface area contributed by atoms with E-state index in [-0.39, 0.29) is 25.0 Å². The third-order valence-electron chi connectivity index (χ3n) is 4.11. The Hall–Kier alpha value is -3.03. The second-order valence-electron chi connectivity index (χ2n) is 6.07. The van der Waals surface area contributed by atoms with Crippen LogP contribution in [0.1, 0.15) is 17.0 Å². The number of nitrogens with one attached hydrogen (secondary N) is 1. The predicted molar refractivity (Wildman–Crippen MR) is 115 cm³/mol. The van der Waals surface area contributed by atoms with Gasteiger partial charge >= 0.3 is 0 Å². The zero-order chi connectivity index (χ0) is 19.6. The van der Waals surface area contributed by atoms with Gasteiger partial charge in [0.1, 0.15) is 12.4 Å². The smallest absolute Gasteiger partial charge is 0.232 e. The SMILES string of the molecule is O=C(NCC#CCOc1cccc(Br)c1)C(c1ccccc1)c1ccccc1. The van der Waals surface area contributed by atoms with Crippen LogP contribution in [0.15, 0.2) is 89.4 Å². The van der Waals surface area contributed by atoms with Gasteiger partial charge in [0.05, 0.1) is 12.5 Å². The van der Waals surface area contributed by atoms with Gasteiger partial charge in [0, 0.05) is 4.47 Å². The lowest BCUT2D eigenvalue weighted by atomic mass is 9.90. The molecule has 1 N–H and O–H groups in total. The number of amides is 1. The van der Waals surface area contributed by atoms with E-state index in [2.05, 4.69) is 33.1 Å². The van der Waals surface area contributed by atoms with E-state index in [0.717, 1.165) is 21.3 Å². The van der Waals surface area contributed by atoms with E-state index in [4.69, 9.17) is 4.74 Å². The lowest BCUT2D eigenvalue weighted by molar-refractivity contribution is -0.121. The molecule has 0 aliphatic heterocycles. The zero-order valence-corrected chi connectivity index (χ0v) is 16.9. The molecule has 0 saturated heterocycles. The van der Waals surface area contributed by atoms with Crippen LogP contribution in [-0.4, -0.2) is 19.1 Å². The summed E-state index contributed by atoms with van der Waals surface area (Å²) in [6.45, 7) is 0.546. The monoisotopic (exact) mass is 433 g/mol. The molecule has 0 aliphatic rings. The van der Waals surface area contributed by atoms with Crippen LogP contribution in [0.3, 0.4) is 0 Å². The largest absolute Gasteiger partial charge is 0.481 e. The fourth-order valence-corrected chi connectivity index (χ4v) is 3.19. The van der Waals surface area contributed by atoms with Gasteiger partial charge in [0.2, 0.25) is 5.91 Å². The van der Waals surface area contributed by atoms with Crippen molar-refractivity contribution in [2.75, 3.05) is 13.2 Å². The molecule has 140 valence electrons. The molecular weight excluding hydrogens is 414 g/mol. The Balaban J connectivity index is 1.58. The van der Waals surface area contributed by atoms with Crippen LogP contribution < -0.4 is 10.1 Å². The molecule has 0 unspecified atom stereocenters. The number of ether oxygens (including phenoxy) is 1. The van der Waals surface area contributed by atoms with Crippen molar-refractivity contribution in [3.63, 3.8) is 0 Å². The summed E-state index contributed by atoms with van der Waals surface area (Å²) in [6.07, 6.45) is 0. The lowest BCUT2D eigenvalue weighted by Gasteiger charge is -2.17. The molecule has 0 bridgehead atoms. The minimum atomic E-state index is -0.359. The number of benzene rings is 3. The molecule has 0 atom stereocenters. The van der Waals surface area contributed by atoms with Crippen molar-refractivity contribution in [1.82, 2.24) is 5.32 Å². The summed E-state index contributed by atoms with van der Waals surface area (Å²) in [7, 11) is 0. The number of hydrogen-bond acceptors (Lipinski definition) is 2. The predicted octanol–water partition coefficient (Wildman–Crippen LogP) is 4.78. The van der Waals surface area contributed by atoms with Gasteiger partial charge in [-0.2, -0.15) is 0 Å². The molecule has 4 heteroatoms. The van der Waals surface area contributed by atoms with Gasteiger partial charge in [-0.25, -0.2) is 0 Å². The second-order valence-corrected chi connectivity index (χ2v) is 6.99. The third kappa shape index (κ3) is 5.73. The topological polar surface area (TPSA) is 38.3 Å². The van der Waals surface area contributed by atoms with Crippen molar-refractivity contribution in [3.8, 4) is 17.6 Å². The van der Waals surface area contributed by atoms with E-state index in [0.29, 0.717) is 0 Å². The maximum absolute atomic E-state index is 12.8. The molecule has 0 heterocycles. The third-order valence-corrected chi connectivity index (χ3v) is 4.60. The van der Waals surface area contributed by atoms with Crippen LogP contribution in [0.25, 0.3) is 0 Å². The molecular formula is C24H20BrNO2. The molecule has 0 spiro atoms. The molecule has 1 amide bonds. The van der Waals surface area contributed by atoms with E-state index in [1.165, 1.54) is 0 Å². The summed E-state index contributed by atoms with van der Waals surface area (Å²) in [5, 5.41) is 2.91. The van der Waals surface area contributed by atoms with Gasteiger partial charge in [-0.1, -0.05) is 94.5 Å². The molecule has 3 aromatic carbocycles. The summed E-state index contributed by atoms with van der Waals surface area (Å²) in [4.78, 5) is 12.8. The Morgan fingerprint density at radius 1 is 0.893 bits per heavy atom. The normalized spacial score (nSPS) is 10.1. The lowest BCUT2D eigenvalue weighted by Crippen LogP contribution is -2.30. The van der Waals surface area contributed by atoms with Crippen molar-refractivity contribution in [1.29, 1.82) is 0 Å². The van der Waals surface area contributed by atoms with Crippen LogP contribution in [0.2, 0.25) is 0 Å². The van der Waals surface area contributed by atoms with Crippen LogP contribution in [0.5, 0.6) is 5.75 Å². The molecule has 0 fully saturated rings. The van der Waals surface area contributed by atoms with Crippen LogP contribution in [0, 0.1) is 11.8 Å². The summed E-state index contributed by atoms with van der Waals surface area (Å²) in [5.41, 5.74) is 1.91. The van der Waals surface area contributed by atoms with Gasteiger partial charge in [-0.05, 0) is 29.3 Å². The quantitative estimate of drug-likeness (QED) is 0.568. The maximum Gasteiger partial charge on any atom is 0.232 e. The summed E-state index contributed by atoms with van der Waals surface area (Å²) >= 11 is 3.40. The molecule has 0 saturated carbocycles.